The van der Waals surface area contributed by atoms with Crippen LogP contribution in [0, 0.1) is 6.92 Å². The Morgan fingerprint density at radius 2 is 1.72 bits per heavy atom. The maximum atomic E-state index is 12.8. The van der Waals surface area contributed by atoms with E-state index < -0.39 is 17.7 Å². The molecule has 7 heteroatoms. The van der Waals surface area contributed by atoms with Gasteiger partial charge in [-0.25, -0.2) is 0 Å². The molecule has 29 heavy (non-hydrogen) atoms. The van der Waals surface area contributed by atoms with E-state index in [0.29, 0.717) is 11.1 Å². The summed E-state index contributed by atoms with van der Waals surface area (Å²) in [4.78, 5) is 27.0. The fourth-order valence-corrected chi connectivity index (χ4v) is 3.56. The molecule has 3 rings (SSSR count). The van der Waals surface area contributed by atoms with Gasteiger partial charge in [0.1, 0.15) is 5.76 Å². The van der Waals surface area contributed by atoms with Gasteiger partial charge in [-0.15, -0.1) is 0 Å². The molecule has 0 radical (unpaired) electrons. The highest BCUT2D eigenvalue weighted by Gasteiger charge is 2.45. The Kier molecular flexibility index (Phi) is 6.84. The number of rotatable bonds is 7. The number of amides is 1. The van der Waals surface area contributed by atoms with Gasteiger partial charge in [0.05, 0.1) is 31.4 Å². The van der Waals surface area contributed by atoms with Gasteiger partial charge in [0.25, 0.3) is 11.7 Å². The molecule has 1 atom stereocenters. The lowest BCUT2D eigenvalue weighted by Crippen LogP contribution is -2.33. The van der Waals surface area contributed by atoms with Crippen LogP contribution in [0.4, 0.5) is 0 Å². The third-order valence-corrected chi connectivity index (χ3v) is 5.29. The maximum Gasteiger partial charge on any atom is 0.295 e. The van der Waals surface area contributed by atoms with Crippen LogP contribution < -0.4 is 0 Å². The number of carbonyl (C=O) groups is 2. The summed E-state index contributed by atoms with van der Waals surface area (Å²) in [6, 6.07) is 13.7. The van der Waals surface area contributed by atoms with Crippen molar-refractivity contribution in [2.24, 2.45) is 0 Å². The van der Waals surface area contributed by atoms with E-state index in [9.17, 15) is 14.7 Å². The first-order valence-corrected chi connectivity index (χ1v) is 10.0. The molecule has 1 aliphatic heterocycles. The number of nitrogens with zero attached hydrogens (tertiary/aromatic N) is 1. The van der Waals surface area contributed by atoms with Gasteiger partial charge in [-0.1, -0.05) is 57.9 Å². The highest BCUT2D eigenvalue weighted by atomic mass is 79.9. The Bertz CT molecular complexity index is 921. The number of likely N-dealkylation sites (tertiary alicyclic amines) is 1. The molecular formula is C22H22BrNO5. The van der Waals surface area contributed by atoms with E-state index in [-0.39, 0.29) is 37.7 Å². The number of aryl methyl sites for hydroxylation is 1. The number of carbonyl (C=O) groups excluding carboxylic acids is 2. The number of hydrogen-bond donors (Lipinski definition) is 2. The van der Waals surface area contributed by atoms with Crippen molar-refractivity contribution in [1.82, 2.24) is 4.90 Å². The van der Waals surface area contributed by atoms with Crippen LogP contribution in [0.25, 0.3) is 5.76 Å². The van der Waals surface area contributed by atoms with Crippen LogP contribution in [0.2, 0.25) is 0 Å². The summed E-state index contributed by atoms with van der Waals surface area (Å²) in [6.45, 7) is 2.29. The molecule has 152 valence electrons. The first-order chi connectivity index (χ1) is 13.9. The van der Waals surface area contributed by atoms with Crippen LogP contribution >= 0.6 is 15.9 Å². The molecular weight excluding hydrogens is 438 g/mol. The van der Waals surface area contributed by atoms with E-state index in [1.807, 2.05) is 43.3 Å². The molecule has 1 amide bonds. The predicted molar refractivity (Wildman–Crippen MR) is 112 cm³/mol. The Hall–Kier alpha value is -2.48. The molecule has 1 aliphatic rings. The number of hydrogen-bond acceptors (Lipinski definition) is 5. The van der Waals surface area contributed by atoms with Gasteiger partial charge in [-0.05, 0) is 24.6 Å². The second kappa shape index (κ2) is 9.35. The van der Waals surface area contributed by atoms with Crippen molar-refractivity contribution in [2.75, 3.05) is 26.4 Å². The highest BCUT2D eigenvalue weighted by molar-refractivity contribution is 9.10. The molecule has 2 aromatic rings. The summed E-state index contributed by atoms with van der Waals surface area (Å²) < 4.78 is 6.15. The SMILES string of the molecule is Cc1ccc(/C(O)=C2\C(=O)C(=O)N(CCOCCO)C2c2ccc(Br)cc2)cc1. The van der Waals surface area contributed by atoms with Gasteiger partial charge >= 0.3 is 0 Å². The number of halogens is 1. The largest absolute Gasteiger partial charge is 0.507 e. The summed E-state index contributed by atoms with van der Waals surface area (Å²) in [5.41, 5.74) is 2.27. The molecule has 1 fully saturated rings. The molecule has 0 aromatic heterocycles. The number of Topliss-reactive ketones (excluding diaryl/α,β-unsaturated/α-hetero) is 1. The lowest BCUT2D eigenvalue weighted by Gasteiger charge is -2.25. The fourth-order valence-electron chi connectivity index (χ4n) is 3.30. The van der Waals surface area contributed by atoms with E-state index in [2.05, 4.69) is 15.9 Å². The number of ether oxygens (including phenoxy) is 1. The van der Waals surface area contributed by atoms with Crippen LogP contribution in [0.1, 0.15) is 22.7 Å². The Morgan fingerprint density at radius 1 is 1.07 bits per heavy atom. The minimum absolute atomic E-state index is 0.0586. The van der Waals surface area contributed by atoms with E-state index in [0.717, 1.165) is 10.0 Å². The van der Waals surface area contributed by atoms with Crippen molar-refractivity contribution in [3.63, 3.8) is 0 Å². The van der Waals surface area contributed by atoms with Crippen LogP contribution in [-0.4, -0.2) is 53.2 Å². The molecule has 0 bridgehead atoms. The van der Waals surface area contributed by atoms with Gasteiger partial charge < -0.3 is 19.8 Å². The molecule has 1 saturated heterocycles. The number of benzene rings is 2. The number of aliphatic hydroxyl groups is 2. The summed E-state index contributed by atoms with van der Waals surface area (Å²) in [6.07, 6.45) is 0. The standard InChI is InChI=1S/C22H22BrNO5/c1-14-2-4-16(5-3-14)20(26)18-19(15-6-8-17(23)9-7-15)24(22(28)21(18)27)10-12-29-13-11-25/h2-9,19,25-26H,10-13H2,1H3/b20-18+. The van der Waals surface area contributed by atoms with Gasteiger partial charge in [0.15, 0.2) is 0 Å². The molecule has 1 heterocycles. The summed E-state index contributed by atoms with van der Waals surface area (Å²) in [7, 11) is 0. The average Bonchev–Trinajstić information content (AvgIpc) is 2.96. The van der Waals surface area contributed by atoms with E-state index in [1.165, 1.54) is 4.90 Å². The summed E-state index contributed by atoms with van der Waals surface area (Å²) in [5.74, 6) is -1.60. The fraction of sp³-hybridized carbons (Fsp3) is 0.273. The van der Waals surface area contributed by atoms with Crippen molar-refractivity contribution >= 4 is 33.4 Å². The second-order valence-electron chi connectivity index (χ2n) is 6.75. The van der Waals surface area contributed by atoms with Crippen LogP contribution in [0.15, 0.2) is 58.6 Å². The normalized spacial score (nSPS) is 18.4. The third kappa shape index (κ3) is 4.58. The minimum Gasteiger partial charge on any atom is -0.507 e. The Labute approximate surface area is 177 Å². The first-order valence-electron chi connectivity index (χ1n) is 9.23. The summed E-state index contributed by atoms with van der Waals surface area (Å²) >= 11 is 3.39. The number of ketones is 1. The molecule has 6 nitrogen and oxygen atoms in total. The zero-order chi connectivity index (χ0) is 21.0. The Balaban J connectivity index is 2.05. The molecule has 2 N–H and O–H groups in total. The molecule has 0 saturated carbocycles. The second-order valence-corrected chi connectivity index (χ2v) is 7.66. The maximum absolute atomic E-state index is 12.8. The van der Waals surface area contributed by atoms with Crippen molar-refractivity contribution in [1.29, 1.82) is 0 Å². The van der Waals surface area contributed by atoms with Crippen molar-refractivity contribution in [3.05, 3.63) is 75.3 Å². The van der Waals surface area contributed by atoms with Gasteiger partial charge in [0, 0.05) is 16.6 Å². The summed E-state index contributed by atoms with van der Waals surface area (Å²) in [5, 5.41) is 19.8. The van der Waals surface area contributed by atoms with Gasteiger partial charge in [0.2, 0.25) is 0 Å². The van der Waals surface area contributed by atoms with Gasteiger partial charge in [-0.2, -0.15) is 0 Å². The minimum atomic E-state index is -0.724. The van der Waals surface area contributed by atoms with E-state index in [4.69, 9.17) is 9.84 Å². The monoisotopic (exact) mass is 459 g/mol. The highest BCUT2D eigenvalue weighted by Crippen LogP contribution is 2.39. The molecule has 1 unspecified atom stereocenters. The van der Waals surface area contributed by atoms with Crippen molar-refractivity contribution in [2.45, 2.75) is 13.0 Å². The molecule has 2 aromatic carbocycles. The quantitative estimate of drug-likeness (QED) is 0.287. The lowest BCUT2D eigenvalue weighted by atomic mass is 9.95. The van der Waals surface area contributed by atoms with Crippen LogP contribution in [-0.2, 0) is 14.3 Å². The van der Waals surface area contributed by atoms with Crippen molar-refractivity contribution in [3.8, 4) is 0 Å². The average molecular weight is 460 g/mol. The van der Waals surface area contributed by atoms with Crippen molar-refractivity contribution < 1.29 is 24.5 Å². The Morgan fingerprint density at radius 3 is 2.34 bits per heavy atom. The van der Waals surface area contributed by atoms with Gasteiger partial charge in [-0.3, -0.25) is 9.59 Å². The zero-order valence-electron chi connectivity index (χ0n) is 16.0. The van der Waals surface area contributed by atoms with Crippen LogP contribution in [0.3, 0.4) is 0 Å². The smallest absolute Gasteiger partial charge is 0.295 e. The molecule has 0 spiro atoms. The van der Waals surface area contributed by atoms with E-state index >= 15 is 0 Å². The third-order valence-electron chi connectivity index (χ3n) is 4.76. The van der Waals surface area contributed by atoms with E-state index in [1.54, 1.807) is 12.1 Å². The first kappa shape index (κ1) is 21.2. The predicted octanol–water partition coefficient (Wildman–Crippen LogP) is 3.19. The van der Waals surface area contributed by atoms with Crippen LogP contribution in [0.5, 0.6) is 0 Å². The zero-order valence-corrected chi connectivity index (χ0v) is 17.6. The lowest BCUT2D eigenvalue weighted by molar-refractivity contribution is -0.140. The topological polar surface area (TPSA) is 87.1 Å². The molecule has 0 aliphatic carbocycles. The number of aliphatic hydroxyl groups excluding tert-OH is 2.